The molecule has 0 radical (unpaired) electrons. The molecule has 1 aliphatic heterocycles. The normalized spacial score (nSPS) is 18.8. The highest BCUT2D eigenvalue weighted by atomic mass is 32.1. The smallest absolute Gasteiger partial charge is 0.257 e. The van der Waals surface area contributed by atoms with E-state index in [9.17, 15) is 9.18 Å². The van der Waals surface area contributed by atoms with Crippen LogP contribution in [0, 0.1) is 5.82 Å². The Labute approximate surface area is 178 Å². The molecule has 1 amide bonds. The highest BCUT2D eigenvalue weighted by Crippen LogP contribution is 2.35. The number of carbonyl (C=O) groups excluding carboxylic acids is 1. The van der Waals surface area contributed by atoms with Gasteiger partial charge >= 0.3 is 0 Å². The van der Waals surface area contributed by atoms with Crippen molar-refractivity contribution in [3.8, 4) is 0 Å². The van der Waals surface area contributed by atoms with Gasteiger partial charge in [0.1, 0.15) is 17.6 Å². The predicted molar refractivity (Wildman–Crippen MR) is 114 cm³/mol. The number of furan rings is 1. The van der Waals surface area contributed by atoms with E-state index in [0.717, 1.165) is 34.8 Å². The summed E-state index contributed by atoms with van der Waals surface area (Å²) in [5.41, 5.74) is 1.92. The average Bonchev–Trinajstić information content (AvgIpc) is 3.18. The fourth-order valence-electron chi connectivity index (χ4n) is 3.86. The van der Waals surface area contributed by atoms with Gasteiger partial charge in [0.05, 0.1) is 23.4 Å². The van der Waals surface area contributed by atoms with Crippen molar-refractivity contribution in [1.29, 1.82) is 0 Å². The van der Waals surface area contributed by atoms with Crippen LogP contribution in [0.4, 0.5) is 4.39 Å². The van der Waals surface area contributed by atoms with Gasteiger partial charge in [0.2, 0.25) is 0 Å². The van der Waals surface area contributed by atoms with Gasteiger partial charge in [0.15, 0.2) is 0 Å². The predicted octanol–water partition coefficient (Wildman–Crippen LogP) is 4.82. The lowest BCUT2D eigenvalue weighted by Gasteiger charge is -2.26. The minimum Gasteiger partial charge on any atom is -0.467 e. The summed E-state index contributed by atoms with van der Waals surface area (Å²) in [6.07, 6.45) is 4.44. The van der Waals surface area contributed by atoms with Gasteiger partial charge < -0.3 is 4.42 Å². The largest absolute Gasteiger partial charge is 0.467 e. The third-order valence-corrected chi connectivity index (χ3v) is 6.46. The number of benzene rings is 1. The first kappa shape index (κ1) is 19.2. The summed E-state index contributed by atoms with van der Waals surface area (Å²) in [7, 11) is 0. The highest BCUT2D eigenvalue weighted by Gasteiger charge is 2.37. The van der Waals surface area contributed by atoms with Crippen LogP contribution in [0.1, 0.15) is 41.5 Å². The van der Waals surface area contributed by atoms with Crippen LogP contribution in [-0.2, 0) is 11.3 Å². The molecule has 3 aromatic rings. The van der Waals surface area contributed by atoms with E-state index in [1.54, 1.807) is 34.7 Å². The molecular weight excluding hydrogens is 401 g/mol. The summed E-state index contributed by atoms with van der Waals surface area (Å²) >= 11 is 1.62. The number of carbonyl (C=O) groups is 1. The number of hydrazone groups is 1. The molecule has 154 valence electrons. The monoisotopic (exact) mass is 423 g/mol. The lowest BCUT2D eigenvalue weighted by molar-refractivity contribution is -0.134. The zero-order valence-electron chi connectivity index (χ0n) is 16.4. The van der Waals surface area contributed by atoms with Gasteiger partial charge in [-0.05, 0) is 54.1 Å². The Morgan fingerprint density at radius 3 is 2.70 bits per heavy atom. The molecule has 30 heavy (non-hydrogen) atoms. The van der Waals surface area contributed by atoms with Gasteiger partial charge in [0, 0.05) is 19.0 Å². The number of hydrogen-bond donors (Lipinski definition) is 0. The Morgan fingerprint density at radius 1 is 1.20 bits per heavy atom. The van der Waals surface area contributed by atoms with E-state index >= 15 is 0 Å². The van der Waals surface area contributed by atoms with E-state index in [1.165, 1.54) is 12.1 Å². The van der Waals surface area contributed by atoms with Crippen LogP contribution in [0.25, 0.3) is 0 Å². The minimum atomic E-state index is -0.249. The van der Waals surface area contributed by atoms with E-state index in [1.807, 2.05) is 29.6 Å². The summed E-state index contributed by atoms with van der Waals surface area (Å²) in [5.74, 6) is 0.453. The maximum Gasteiger partial charge on any atom is 0.257 e. The van der Waals surface area contributed by atoms with Crippen molar-refractivity contribution in [2.24, 2.45) is 5.10 Å². The number of halogens is 1. The molecule has 7 heteroatoms. The third-order valence-electron chi connectivity index (χ3n) is 5.54. The minimum absolute atomic E-state index is 0.0445. The van der Waals surface area contributed by atoms with Crippen molar-refractivity contribution in [2.45, 2.75) is 37.9 Å². The third kappa shape index (κ3) is 4.08. The van der Waals surface area contributed by atoms with Crippen LogP contribution < -0.4 is 0 Å². The number of hydrogen-bond acceptors (Lipinski definition) is 5. The highest BCUT2D eigenvalue weighted by molar-refractivity contribution is 7.12. The maximum absolute atomic E-state index is 13.3. The van der Waals surface area contributed by atoms with Gasteiger partial charge in [-0.15, -0.1) is 11.3 Å². The molecular formula is C23H22FN3O2S. The average molecular weight is 424 g/mol. The fraction of sp³-hybridized carbons (Fsp3) is 0.304. The molecule has 1 aromatic carbocycles. The first-order valence-corrected chi connectivity index (χ1v) is 11.0. The Hall–Kier alpha value is -2.77. The molecule has 0 N–H and O–H groups in total. The Kier molecular flexibility index (Phi) is 5.23. The van der Waals surface area contributed by atoms with E-state index < -0.39 is 0 Å². The van der Waals surface area contributed by atoms with Crippen LogP contribution in [0.2, 0.25) is 0 Å². The van der Waals surface area contributed by atoms with Crippen molar-refractivity contribution < 1.29 is 13.6 Å². The number of amides is 1. The van der Waals surface area contributed by atoms with Crippen LogP contribution >= 0.6 is 11.3 Å². The molecule has 5 nitrogen and oxygen atoms in total. The molecule has 1 atom stereocenters. The number of nitrogens with zero attached hydrogens (tertiary/aromatic N) is 3. The summed E-state index contributed by atoms with van der Waals surface area (Å²) in [6.45, 7) is 0.901. The van der Waals surface area contributed by atoms with Crippen LogP contribution in [-0.4, -0.2) is 34.1 Å². The molecule has 1 aliphatic carbocycles. The quantitative estimate of drug-likeness (QED) is 0.547. The Balaban J connectivity index is 1.36. The molecule has 3 heterocycles. The first-order valence-electron chi connectivity index (χ1n) is 10.1. The van der Waals surface area contributed by atoms with Gasteiger partial charge in [-0.2, -0.15) is 5.10 Å². The Bertz CT molecular complexity index is 1030. The van der Waals surface area contributed by atoms with Crippen LogP contribution in [0.5, 0.6) is 0 Å². The van der Waals surface area contributed by atoms with Gasteiger partial charge in [-0.25, -0.2) is 9.40 Å². The molecule has 1 unspecified atom stereocenters. The molecule has 0 spiro atoms. The zero-order chi connectivity index (χ0) is 20.5. The van der Waals surface area contributed by atoms with E-state index in [4.69, 9.17) is 9.52 Å². The van der Waals surface area contributed by atoms with Crippen molar-refractivity contribution in [2.75, 3.05) is 6.54 Å². The molecule has 1 saturated carbocycles. The summed E-state index contributed by atoms with van der Waals surface area (Å²) in [4.78, 5) is 16.6. The molecule has 1 fully saturated rings. The lowest BCUT2D eigenvalue weighted by Crippen LogP contribution is -2.39. The molecule has 0 saturated heterocycles. The van der Waals surface area contributed by atoms with Crippen LogP contribution in [0.15, 0.2) is 69.7 Å². The van der Waals surface area contributed by atoms with Gasteiger partial charge in [-0.1, -0.05) is 18.2 Å². The topological polar surface area (TPSA) is 49.1 Å². The summed E-state index contributed by atoms with van der Waals surface area (Å²) in [6, 6.07) is 14.4. The molecule has 5 rings (SSSR count). The van der Waals surface area contributed by atoms with E-state index in [-0.39, 0.29) is 24.3 Å². The number of rotatable bonds is 7. The van der Waals surface area contributed by atoms with Crippen molar-refractivity contribution in [3.63, 3.8) is 0 Å². The van der Waals surface area contributed by atoms with Crippen molar-refractivity contribution >= 4 is 23.0 Å². The zero-order valence-corrected chi connectivity index (χ0v) is 17.2. The summed E-state index contributed by atoms with van der Waals surface area (Å²) in [5, 5.41) is 8.30. The van der Waals surface area contributed by atoms with Crippen molar-refractivity contribution in [3.05, 3.63) is 82.2 Å². The Morgan fingerprint density at radius 2 is 2.03 bits per heavy atom. The fourth-order valence-corrected chi connectivity index (χ4v) is 4.58. The van der Waals surface area contributed by atoms with E-state index in [2.05, 4.69) is 4.90 Å². The maximum atomic E-state index is 13.3. The van der Waals surface area contributed by atoms with Gasteiger partial charge in [0.25, 0.3) is 5.91 Å². The molecule has 2 aliphatic rings. The molecule has 2 aromatic heterocycles. The molecule has 0 bridgehead atoms. The van der Waals surface area contributed by atoms with Crippen LogP contribution in [0.3, 0.4) is 0 Å². The lowest BCUT2D eigenvalue weighted by atomic mass is 10.1. The van der Waals surface area contributed by atoms with E-state index in [0.29, 0.717) is 19.0 Å². The summed E-state index contributed by atoms with van der Waals surface area (Å²) < 4.78 is 18.9. The van der Waals surface area contributed by atoms with Crippen molar-refractivity contribution in [1.82, 2.24) is 9.91 Å². The second kappa shape index (κ2) is 8.16. The second-order valence-electron chi connectivity index (χ2n) is 7.76. The first-order chi connectivity index (χ1) is 14.7. The second-order valence-corrected chi connectivity index (χ2v) is 8.71. The standard InChI is InChI=1S/C23H22FN3O2S/c24-17-7-5-16(6-8-17)14-26(18-9-10-18)15-23(28)27-20(21-3-1-11-29-21)13-19(25-27)22-4-2-12-30-22/h1-8,11-12,18,20H,9-10,13-15H2. The SMILES string of the molecule is O=C(CN(Cc1ccc(F)cc1)C1CC1)N1N=C(c2cccs2)CC1c1ccco1. The van der Waals surface area contributed by atoms with Gasteiger partial charge in [-0.3, -0.25) is 9.69 Å². The number of thiophene rings is 1.